The molecule has 0 fully saturated rings. The summed E-state index contributed by atoms with van der Waals surface area (Å²) in [4.78, 5) is 11.7. The largest absolute Gasteiger partial charge is 0.385 e. The number of ether oxygens (including phenoxy) is 1. The van der Waals surface area contributed by atoms with Crippen molar-refractivity contribution in [3.63, 3.8) is 0 Å². The summed E-state index contributed by atoms with van der Waals surface area (Å²) in [7, 11) is 3.47. The molecule has 0 aliphatic heterocycles. The minimum Gasteiger partial charge on any atom is -0.385 e. The van der Waals surface area contributed by atoms with Crippen LogP contribution in [-0.2, 0) is 23.0 Å². The van der Waals surface area contributed by atoms with Crippen LogP contribution in [0.15, 0.2) is 12.3 Å². The molecule has 5 heteroatoms. The monoisotopic (exact) mass is 225 g/mol. The summed E-state index contributed by atoms with van der Waals surface area (Å²) in [5, 5.41) is 4.15. The second-order valence-corrected chi connectivity index (χ2v) is 3.87. The number of aryl methyl sites for hydroxylation is 1. The smallest absolute Gasteiger partial charge is 0.155 e. The van der Waals surface area contributed by atoms with Crippen LogP contribution < -0.4 is 5.73 Å². The van der Waals surface area contributed by atoms with E-state index in [1.54, 1.807) is 11.8 Å². The van der Waals surface area contributed by atoms with Gasteiger partial charge in [0, 0.05) is 27.0 Å². The van der Waals surface area contributed by atoms with Gasteiger partial charge in [0.15, 0.2) is 5.78 Å². The van der Waals surface area contributed by atoms with Gasteiger partial charge < -0.3 is 10.5 Å². The fourth-order valence-electron chi connectivity index (χ4n) is 1.48. The number of rotatable bonds is 7. The highest BCUT2D eigenvalue weighted by Crippen LogP contribution is 2.02. The SMILES string of the molecule is COCCCC(N)C(=O)Cc1ccn(C)n1. The van der Waals surface area contributed by atoms with Crippen LogP contribution in [0, 0.1) is 0 Å². The Morgan fingerprint density at radius 1 is 1.69 bits per heavy atom. The Labute approximate surface area is 95.6 Å². The molecule has 2 N–H and O–H groups in total. The number of hydrogen-bond acceptors (Lipinski definition) is 4. The van der Waals surface area contributed by atoms with Gasteiger partial charge in [-0.3, -0.25) is 9.48 Å². The molecule has 0 amide bonds. The molecule has 1 atom stereocenters. The molecule has 16 heavy (non-hydrogen) atoms. The molecule has 5 nitrogen and oxygen atoms in total. The van der Waals surface area contributed by atoms with E-state index in [2.05, 4.69) is 5.10 Å². The lowest BCUT2D eigenvalue weighted by Crippen LogP contribution is -2.32. The first kappa shape index (κ1) is 12.9. The van der Waals surface area contributed by atoms with Gasteiger partial charge in [-0.2, -0.15) is 5.10 Å². The maximum Gasteiger partial charge on any atom is 0.155 e. The molecule has 0 bridgehead atoms. The maximum absolute atomic E-state index is 11.7. The summed E-state index contributed by atoms with van der Waals surface area (Å²) in [6, 6.07) is 1.43. The lowest BCUT2D eigenvalue weighted by Gasteiger charge is -2.08. The van der Waals surface area contributed by atoms with E-state index in [-0.39, 0.29) is 5.78 Å². The molecular weight excluding hydrogens is 206 g/mol. The third-order valence-corrected chi connectivity index (χ3v) is 2.40. The van der Waals surface area contributed by atoms with E-state index in [1.165, 1.54) is 0 Å². The van der Waals surface area contributed by atoms with Gasteiger partial charge in [-0.1, -0.05) is 0 Å². The van der Waals surface area contributed by atoms with E-state index in [0.29, 0.717) is 19.4 Å². The van der Waals surface area contributed by atoms with Crippen LogP contribution >= 0.6 is 0 Å². The summed E-state index contributed by atoms with van der Waals surface area (Å²) in [6.07, 6.45) is 3.61. The Bertz CT molecular complexity index is 336. The third kappa shape index (κ3) is 4.12. The number of nitrogens with two attached hydrogens (primary N) is 1. The van der Waals surface area contributed by atoms with Crippen molar-refractivity contribution >= 4 is 5.78 Å². The second-order valence-electron chi connectivity index (χ2n) is 3.87. The average Bonchev–Trinajstić information content (AvgIpc) is 2.64. The molecule has 1 unspecified atom stereocenters. The second kappa shape index (κ2) is 6.40. The first-order chi connectivity index (χ1) is 7.63. The highest BCUT2D eigenvalue weighted by molar-refractivity contribution is 5.85. The third-order valence-electron chi connectivity index (χ3n) is 2.40. The minimum atomic E-state index is -0.405. The summed E-state index contributed by atoms with van der Waals surface area (Å²) in [5.74, 6) is 0.0369. The fraction of sp³-hybridized carbons (Fsp3) is 0.636. The molecule has 1 aromatic heterocycles. The van der Waals surface area contributed by atoms with Crippen molar-refractivity contribution in [2.75, 3.05) is 13.7 Å². The number of ketones is 1. The first-order valence-corrected chi connectivity index (χ1v) is 5.39. The molecule has 1 aromatic rings. The Balaban J connectivity index is 2.34. The Morgan fingerprint density at radius 3 is 3.00 bits per heavy atom. The van der Waals surface area contributed by atoms with Gasteiger partial charge in [0.2, 0.25) is 0 Å². The molecule has 0 saturated heterocycles. The molecule has 0 aliphatic rings. The number of Topliss-reactive ketones (excluding diaryl/α,β-unsaturated/α-hetero) is 1. The van der Waals surface area contributed by atoms with Crippen molar-refractivity contribution in [1.29, 1.82) is 0 Å². The van der Waals surface area contributed by atoms with Gasteiger partial charge in [0.25, 0.3) is 0 Å². The molecule has 0 saturated carbocycles. The minimum absolute atomic E-state index is 0.0369. The Hall–Kier alpha value is -1.20. The van der Waals surface area contributed by atoms with Crippen LogP contribution in [0.4, 0.5) is 0 Å². The zero-order valence-electron chi connectivity index (χ0n) is 9.85. The molecular formula is C11H19N3O2. The Kier molecular flexibility index (Phi) is 5.14. The van der Waals surface area contributed by atoms with E-state index in [9.17, 15) is 4.79 Å². The normalized spacial score (nSPS) is 12.7. The van der Waals surface area contributed by atoms with Gasteiger partial charge in [0.05, 0.1) is 18.2 Å². The van der Waals surface area contributed by atoms with Crippen molar-refractivity contribution < 1.29 is 9.53 Å². The standard InChI is InChI=1S/C11H19N3O2/c1-14-6-5-9(13-14)8-11(15)10(12)4-3-7-16-2/h5-6,10H,3-4,7-8,12H2,1-2H3. The molecule has 1 rings (SSSR count). The lowest BCUT2D eigenvalue weighted by molar-refractivity contribution is -0.119. The van der Waals surface area contributed by atoms with Crippen molar-refractivity contribution in [3.05, 3.63) is 18.0 Å². The molecule has 0 aliphatic carbocycles. The average molecular weight is 225 g/mol. The molecule has 1 heterocycles. The quantitative estimate of drug-likeness (QED) is 0.677. The number of aromatic nitrogens is 2. The number of carbonyl (C=O) groups is 1. The first-order valence-electron chi connectivity index (χ1n) is 5.39. The molecule has 0 radical (unpaired) electrons. The van der Waals surface area contributed by atoms with Crippen molar-refractivity contribution in [2.24, 2.45) is 12.8 Å². The summed E-state index contributed by atoms with van der Waals surface area (Å²) < 4.78 is 6.59. The zero-order chi connectivity index (χ0) is 12.0. The van der Waals surface area contributed by atoms with Crippen molar-refractivity contribution in [3.8, 4) is 0 Å². The van der Waals surface area contributed by atoms with Crippen LogP contribution in [0.25, 0.3) is 0 Å². The summed E-state index contributed by atoms with van der Waals surface area (Å²) in [5.41, 5.74) is 6.55. The Morgan fingerprint density at radius 2 is 2.44 bits per heavy atom. The summed E-state index contributed by atoms with van der Waals surface area (Å²) in [6.45, 7) is 0.643. The van der Waals surface area contributed by atoms with Gasteiger partial charge in [0.1, 0.15) is 0 Å². The van der Waals surface area contributed by atoms with Crippen LogP contribution in [0.1, 0.15) is 18.5 Å². The predicted molar refractivity (Wildman–Crippen MR) is 61.0 cm³/mol. The lowest BCUT2D eigenvalue weighted by atomic mass is 10.0. The van der Waals surface area contributed by atoms with E-state index < -0.39 is 6.04 Å². The maximum atomic E-state index is 11.7. The number of carbonyl (C=O) groups excluding carboxylic acids is 1. The molecule has 0 spiro atoms. The van der Waals surface area contributed by atoms with Gasteiger partial charge in [-0.05, 0) is 18.9 Å². The van der Waals surface area contributed by atoms with Crippen LogP contribution in [0.5, 0.6) is 0 Å². The summed E-state index contributed by atoms with van der Waals surface area (Å²) >= 11 is 0. The van der Waals surface area contributed by atoms with E-state index in [1.807, 2.05) is 19.3 Å². The van der Waals surface area contributed by atoms with Gasteiger partial charge in [-0.15, -0.1) is 0 Å². The van der Waals surface area contributed by atoms with Crippen molar-refractivity contribution in [1.82, 2.24) is 9.78 Å². The van der Waals surface area contributed by atoms with Gasteiger partial charge in [-0.25, -0.2) is 0 Å². The van der Waals surface area contributed by atoms with Crippen LogP contribution in [-0.4, -0.2) is 35.3 Å². The molecule has 0 aromatic carbocycles. The van der Waals surface area contributed by atoms with Crippen molar-refractivity contribution in [2.45, 2.75) is 25.3 Å². The number of hydrogen-bond donors (Lipinski definition) is 1. The number of methoxy groups -OCH3 is 1. The topological polar surface area (TPSA) is 70.1 Å². The highest BCUT2D eigenvalue weighted by Gasteiger charge is 2.14. The van der Waals surface area contributed by atoms with Crippen LogP contribution in [0.2, 0.25) is 0 Å². The fourth-order valence-corrected chi connectivity index (χ4v) is 1.48. The van der Waals surface area contributed by atoms with E-state index in [0.717, 1.165) is 12.1 Å². The van der Waals surface area contributed by atoms with E-state index >= 15 is 0 Å². The molecule has 90 valence electrons. The zero-order valence-corrected chi connectivity index (χ0v) is 9.85. The van der Waals surface area contributed by atoms with Gasteiger partial charge >= 0.3 is 0 Å². The highest BCUT2D eigenvalue weighted by atomic mass is 16.5. The number of nitrogens with zero attached hydrogens (tertiary/aromatic N) is 2. The van der Waals surface area contributed by atoms with E-state index in [4.69, 9.17) is 10.5 Å². The predicted octanol–water partition coefficient (Wildman–Crippen LogP) is 0.286. The van der Waals surface area contributed by atoms with Crippen LogP contribution in [0.3, 0.4) is 0 Å².